The molecule has 222 valence electrons. The van der Waals surface area contributed by atoms with Gasteiger partial charge in [-0.05, 0) is 62.9 Å². The van der Waals surface area contributed by atoms with Gasteiger partial charge in [0.1, 0.15) is 16.3 Å². The predicted octanol–water partition coefficient (Wildman–Crippen LogP) is 12.2. The van der Waals surface area contributed by atoms with Gasteiger partial charge in [0.15, 0.2) is 0 Å². The average Bonchev–Trinajstić information content (AvgIpc) is 3.82. The molecule has 0 atom stereocenters. The molecule has 0 amide bonds. The van der Waals surface area contributed by atoms with Gasteiger partial charge in [-0.25, -0.2) is 0 Å². The first-order valence-corrected chi connectivity index (χ1v) is 17.3. The van der Waals surface area contributed by atoms with Crippen molar-refractivity contribution in [3.05, 3.63) is 174 Å². The quantitative estimate of drug-likeness (QED) is 0.177. The van der Waals surface area contributed by atoms with Crippen LogP contribution in [0.3, 0.4) is 0 Å². The summed E-state index contributed by atoms with van der Waals surface area (Å²) < 4.78 is 9.11. The van der Waals surface area contributed by atoms with Crippen molar-refractivity contribution in [2.75, 3.05) is 0 Å². The standard InChI is InChI=1S/C45H25NOS/c1-3-16-33-30(13-1)42-31(15-10-19-36(42)45(33)34-17-4-7-21-38(34)47-39-22-8-5-18-35(39)45)40-25-32-28-14-9-11-26-23-24-29-27-12-2-6-20-37(27)46(44(32)48-40)43(29)41(26)28/h1-25H. The second kappa shape index (κ2) is 8.71. The molecule has 0 radical (unpaired) electrons. The summed E-state index contributed by atoms with van der Waals surface area (Å²) in [5.41, 5.74) is 11.0. The third-order valence-electron chi connectivity index (χ3n) is 11.0. The van der Waals surface area contributed by atoms with Crippen molar-refractivity contribution >= 4 is 59.5 Å². The van der Waals surface area contributed by atoms with Crippen LogP contribution in [0.4, 0.5) is 0 Å². The monoisotopic (exact) mass is 627 g/mol. The first-order valence-electron chi connectivity index (χ1n) is 16.5. The second-order valence-electron chi connectivity index (χ2n) is 13.2. The summed E-state index contributed by atoms with van der Waals surface area (Å²) in [7, 11) is 0. The molecule has 0 unspecified atom stereocenters. The molecular formula is C45H25NOS. The number of thiophene rings is 1. The Labute approximate surface area is 280 Å². The van der Waals surface area contributed by atoms with Crippen LogP contribution < -0.4 is 4.74 Å². The van der Waals surface area contributed by atoms with Gasteiger partial charge < -0.3 is 4.74 Å². The Balaban J connectivity index is 1.23. The Bertz CT molecular complexity index is 2950. The average molecular weight is 628 g/mol. The minimum absolute atomic E-state index is 0.477. The van der Waals surface area contributed by atoms with Gasteiger partial charge in [-0.2, -0.15) is 0 Å². The highest BCUT2D eigenvalue weighted by Crippen LogP contribution is 2.63. The van der Waals surface area contributed by atoms with Gasteiger partial charge in [0.25, 0.3) is 0 Å². The number of rotatable bonds is 1. The van der Waals surface area contributed by atoms with Gasteiger partial charge in [0, 0.05) is 37.5 Å². The summed E-state index contributed by atoms with van der Waals surface area (Å²) in [6.45, 7) is 0. The van der Waals surface area contributed by atoms with E-state index in [1.165, 1.54) is 92.0 Å². The molecule has 0 saturated carbocycles. The molecule has 1 aliphatic carbocycles. The molecule has 0 N–H and O–H groups in total. The van der Waals surface area contributed by atoms with Crippen LogP contribution in [0.1, 0.15) is 22.3 Å². The maximum atomic E-state index is 6.58. The summed E-state index contributed by atoms with van der Waals surface area (Å²) in [5, 5.41) is 7.89. The number of hydrogen-bond donors (Lipinski definition) is 0. The van der Waals surface area contributed by atoms with Crippen LogP contribution in [0, 0.1) is 0 Å². The zero-order valence-electron chi connectivity index (χ0n) is 25.7. The van der Waals surface area contributed by atoms with Gasteiger partial charge >= 0.3 is 0 Å². The molecule has 48 heavy (non-hydrogen) atoms. The Hall–Kier alpha value is -5.90. The molecule has 1 aliphatic heterocycles. The van der Waals surface area contributed by atoms with Crippen LogP contribution in [0.25, 0.3) is 69.7 Å². The number of hydrogen-bond acceptors (Lipinski definition) is 2. The molecule has 1 spiro atoms. The van der Waals surface area contributed by atoms with E-state index >= 15 is 0 Å². The first-order chi connectivity index (χ1) is 23.8. The van der Waals surface area contributed by atoms with E-state index in [1.54, 1.807) is 0 Å². The molecule has 2 nitrogen and oxygen atoms in total. The van der Waals surface area contributed by atoms with Crippen LogP contribution in [0.5, 0.6) is 11.5 Å². The number of nitrogens with zero attached hydrogens (tertiary/aromatic N) is 1. The SMILES string of the molecule is c1ccc2c(c1)Oc1ccccc1C21c2ccccc2-c2c(-c3cc4c5cccc6ccc7c8ccccc8n(c4s3)c7c65)cccc21. The fourth-order valence-electron chi connectivity index (χ4n) is 9.24. The van der Waals surface area contributed by atoms with E-state index in [-0.39, 0.29) is 0 Å². The van der Waals surface area contributed by atoms with E-state index in [2.05, 4.69) is 156 Å². The van der Waals surface area contributed by atoms with Gasteiger partial charge in [-0.3, -0.25) is 4.40 Å². The minimum Gasteiger partial charge on any atom is -0.457 e. The van der Waals surface area contributed by atoms with E-state index in [1.807, 2.05) is 11.3 Å². The molecular weight excluding hydrogens is 603 g/mol. The van der Waals surface area contributed by atoms with E-state index in [9.17, 15) is 0 Å². The molecule has 3 aromatic heterocycles. The summed E-state index contributed by atoms with van der Waals surface area (Å²) >= 11 is 1.91. The Kier molecular flexibility index (Phi) is 4.58. The summed E-state index contributed by atoms with van der Waals surface area (Å²) in [4.78, 5) is 2.58. The first kappa shape index (κ1) is 25.2. The lowest BCUT2D eigenvalue weighted by Gasteiger charge is -2.39. The van der Waals surface area contributed by atoms with Crippen molar-refractivity contribution in [2.45, 2.75) is 5.41 Å². The number of para-hydroxylation sites is 3. The van der Waals surface area contributed by atoms with Crippen molar-refractivity contribution in [3.63, 3.8) is 0 Å². The molecule has 3 heteroatoms. The molecule has 7 aromatic carbocycles. The summed E-state index contributed by atoms with van der Waals surface area (Å²) in [6.07, 6.45) is 0. The van der Waals surface area contributed by atoms with Crippen molar-refractivity contribution < 1.29 is 4.74 Å². The van der Waals surface area contributed by atoms with Crippen molar-refractivity contribution in [2.24, 2.45) is 0 Å². The van der Waals surface area contributed by atoms with Crippen LogP contribution in [0.2, 0.25) is 0 Å². The molecule has 12 rings (SSSR count). The lowest BCUT2D eigenvalue weighted by Crippen LogP contribution is -2.32. The number of benzene rings is 7. The van der Waals surface area contributed by atoms with Crippen LogP contribution >= 0.6 is 11.3 Å². The van der Waals surface area contributed by atoms with Crippen molar-refractivity contribution in [1.29, 1.82) is 0 Å². The van der Waals surface area contributed by atoms with Crippen LogP contribution in [-0.2, 0) is 5.41 Å². The predicted molar refractivity (Wildman–Crippen MR) is 199 cm³/mol. The molecule has 2 aliphatic rings. The Morgan fingerprint density at radius 1 is 0.500 bits per heavy atom. The minimum atomic E-state index is -0.477. The fraction of sp³-hybridized carbons (Fsp3) is 0.0222. The third-order valence-corrected chi connectivity index (χ3v) is 12.2. The highest BCUT2D eigenvalue weighted by molar-refractivity contribution is 7.22. The van der Waals surface area contributed by atoms with E-state index < -0.39 is 5.41 Å². The number of aromatic nitrogens is 1. The highest BCUT2D eigenvalue weighted by Gasteiger charge is 2.51. The normalized spacial score (nSPS) is 14.2. The van der Waals surface area contributed by atoms with Gasteiger partial charge in [-0.15, -0.1) is 11.3 Å². The smallest absolute Gasteiger partial charge is 0.132 e. The van der Waals surface area contributed by atoms with Crippen LogP contribution in [0.15, 0.2) is 152 Å². The largest absolute Gasteiger partial charge is 0.457 e. The maximum Gasteiger partial charge on any atom is 0.132 e. The van der Waals surface area contributed by atoms with Crippen molar-refractivity contribution in [1.82, 2.24) is 4.40 Å². The lowest BCUT2D eigenvalue weighted by molar-refractivity contribution is 0.436. The number of fused-ring (bicyclic) bond motifs is 15. The zero-order valence-corrected chi connectivity index (χ0v) is 26.5. The summed E-state index contributed by atoms with van der Waals surface area (Å²) in [6, 6.07) is 55.9. The zero-order chi connectivity index (χ0) is 31.1. The van der Waals surface area contributed by atoms with Crippen molar-refractivity contribution in [3.8, 4) is 33.1 Å². The van der Waals surface area contributed by atoms with E-state index in [0.717, 1.165) is 11.5 Å². The maximum absolute atomic E-state index is 6.58. The number of pyridine rings is 1. The molecule has 0 saturated heterocycles. The summed E-state index contributed by atoms with van der Waals surface area (Å²) in [5.74, 6) is 1.84. The molecule has 10 aromatic rings. The fourth-order valence-corrected chi connectivity index (χ4v) is 10.5. The molecule has 0 bridgehead atoms. The van der Waals surface area contributed by atoms with Gasteiger partial charge in [-0.1, -0.05) is 127 Å². The molecule has 0 fully saturated rings. The van der Waals surface area contributed by atoms with Gasteiger partial charge in [0.2, 0.25) is 0 Å². The Morgan fingerprint density at radius 2 is 1.17 bits per heavy atom. The van der Waals surface area contributed by atoms with Gasteiger partial charge in [0.05, 0.1) is 16.4 Å². The lowest BCUT2D eigenvalue weighted by atomic mass is 9.66. The second-order valence-corrected chi connectivity index (χ2v) is 14.2. The highest BCUT2D eigenvalue weighted by atomic mass is 32.1. The van der Waals surface area contributed by atoms with E-state index in [0.29, 0.717) is 0 Å². The third kappa shape index (κ3) is 2.83. The topological polar surface area (TPSA) is 13.6 Å². The molecule has 4 heterocycles. The van der Waals surface area contributed by atoms with E-state index in [4.69, 9.17) is 4.74 Å². The Morgan fingerprint density at radius 3 is 2.02 bits per heavy atom. The van der Waals surface area contributed by atoms with Crippen LogP contribution in [-0.4, -0.2) is 4.40 Å². The number of ether oxygens (including phenoxy) is 1.